The fourth-order valence-electron chi connectivity index (χ4n) is 4.92. The number of esters is 1. The van der Waals surface area contributed by atoms with Gasteiger partial charge >= 0.3 is 5.97 Å². The van der Waals surface area contributed by atoms with Crippen LogP contribution >= 0.6 is 0 Å². The molecule has 0 saturated carbocycles. The van der Waals surface area contributed by atoms with Gasteiger partial charge < -0.3 is 19.5 Å². The first kappa shape index (κ1) is 24.1. The molecule has 1 aromatic heterocycles. The van der Waals surface area contributed by atoms with Crippen LogP contribution in [-0.2, 0) is 20.7 Å². The van der Waals surface area contributed by atoms with Gasteiger partial charge in [0.25, 0.3) is 0 Å². The monoisotopic (exact) mass is 492 g/mol. The highest BCUT2D eigenvalue weighted by Crippen LogP contribution is 2.44. The standard InChI is InChI=1S/C27H29FN4O4/c1-16-21(27(33)35-3)12-22-23(31-16)9-8-20(26(22)36-19-6-4-18(28)5-7-19)17-13-30-32(15-17)24-10-11-29-14-25(24)34-2/h4-9,13,15,21,24-25,29H,10-12,14H2,1-3H3. The van der Waals surface area contributed by atoms with Gasteiger partial charge in [-0.15, -0.1) is 0 Å². The first-order chi connectivity index (χ1) is 17.5. The van der Waals surface area contributed by atoms with Gasteiger partial charge in [0.15, 0.2) is 0 Å². The summed E-state index contributed by atoms with van der Waals surface area (Å²) in [5, 5.41) is 8.01. The summed E-state index contributed by atoms with van der Waals surface area (Å²) in [5.41, 5.74) is 3.90. The van der Waals surface area contributed by atoms with E-state index in [4.69, 9.17) is 14.2 Å². The summed E-state index contributed by atoms with van der Waals surface area (Å²) < 4.78 is 32.6. The second kappa shape index (κ2) is 10.2. The zero-order chi connectivity index (χ0) is 25.2. The predicted octanol–water partition coefficient (Wildman–Crippen LogP) is 4.47. The lowest BCUT2D eigenvalue weighted by Gasteiger charge is -2.31. The summed E-state index contributed by atoms with van der Waals surface area (Å²) in [6, 6.07) is 9.85. The highest BCUT2D eigenvalue weighted by atomic mass is 19.1. The Morgan fingerprint density at radius 3 is 2.72 bits per heavy atom. The largest absolute Gasteiger partial charge is 0.469 e. The Labute approximate surface area is 209 Å². The summed E-state index contributed by atoms with van der Waals surface area (Å²) in [6.07, 6.45) is 5.11. The minimum absolute atomic E-state index is 0.0168. The average Bonchev–Trinajstić information content (AvgIpc) is 3.39. The molecule has 1 N–H and O–H groups in total. The number of aliphatic imine (C=N–C) groups is 1. The van der Waals surface area contributed by atoms with Gasteiger partial charge in [0.2, 0.25) is 0 Å². The molecule has 3 heterocycles. The second-order valence-corrected chi connectivity index (χ2v) is 9.07. The highest BCUT2D eigenvalue weighted by Gasteiger charge is 2.32. The quantitative estimate of drug-likeness (QED) is 0.511. The maximum atomic E-state index is 13.6. The number of rotatable bonds is 6. The lowest BCUT2D eigenvalue weighted by atomic mass is 9.88. The van der Waals surface area contributed by atoms with Gasteiger partial charge in [-0.25, -0.2) is 4.39 Å². The molecular formula is C27H29FN4O4. The molecule has 0 spiro atoms. The number of aromatic nitrogens is 2. The van der Waals surface area contributed by atoms with Crippen molar-refractivity contribution in [2.75, 3.05) is 27.3 Å². The van der Waals surface area contributed by atoms with Crippen LogP contribution < -0.4 is 10.1 Å². The molecule has 2 aromatic carbocycles. The van der Waals surface area contributed by atoms with Crippen LogP contribution in [0.4, 0.5) is 10.1 Å². The molecule has 9 heteroatoms. The topological polar surface area (TPSA) is 87.0 Å². The molecule has 2 aliphatic rings. The van der Waals surface area contributed by atoms with Gasteiger partial charge in [-0.1, -0.05) is 0 Å². The Kier molecular flexibility index (Phi) is 6.84. The van der Waals surface area contributed by atoms with E-state index in [1.165, 1.54) is 19.2 Å². The summed E-state index contributed by atoms with van der Waals surface area (Å²) in [4.78, 5) is 17.1. The van der Waals surface area contributed by atoms with E-state index < -0.39 is 5.92 Å². The molecule has 5 rings (SSSR count). The van der Waals surface area contributed by atoms with Crippen LogP contribution in [0.1, 0.15) is 24.9 Å². The summed E-state index contributed by atoms with van der Waals surface area (Å²) in [6.45, 7) is 3.48. The van der Waals surface area contributed by atoms with Gasteiger partial charge in [0.05, 0.1) is 37.1 Å². The number of ether oxygens (including phenoxy) is 3. The number of carbonyl (C=O) groups is 1. The Morgan fingerprint density at radius 2 is 1.97 bits per heavy atom. The number of carbonyl (C=O) groups excluding carboxylic acids is 1. The van der Waals surface area contributed by atoms with Crippen LogP contribution in [0.15, 0.2) is 53.8 Å². The number of hydrogen-bond acceptors (Lipinski definition) is 7. The van der Waals surface area contributed by atoms with E-state index in [1.807, 2.05) is 36.1 Å². The van der Waals surface area contributed by atoms with Crippen LogP contribution in [0.2, 0.25) is 0 Å². The zero-order valence-electron chi connectivity index (χ0n) is 20.5. The van der Waals surface area contributed by atoms with E-state index in [1.54, 1.807) is 19.2 Å². The van der Waals surface area contributed by atoms with Crippen molar-refractivity contribution in [1.82, 2.24) is 15.1 Å². The molecule has 0 aliphatic carbocycles. The molecule has 8 nitrogen and oxygen atoms in total. The minimum atomic E-state index is -0.506. The number of nitrogens with zero attached hydrogens (tertiary/aromatic N) is 3. The smallest absolute Gasteiger partial charge is 0.314 e. The number of piperidine rings is 1. The molecule has 3 unspecified atom stereocenters. The van der Waals surface area contributed by atoms with Gasteiger partial charge in [-0.05, 0) is 62.7 Å². The lowest BCUT2D eigenvalue weighted by Crippen LogP contribution is -2.42. The maximum absolute atomic E-state index is 13.6. The third kappa shape index (κ3) is 4.64. The van der Waals surface area contributed by atoms with Gasteiger partial charge in [-0.3, -0.25) is 14.5 Å². The van der Waals surface area contributed by atoms with Crippen molar-refractivity contribution < 1.29 is 23.4 Å². The predicted molar refractivity (Wildman–Crippen MR) is 133 cm³/mol. The first-order valence-corrected chi connectivity index (χ1v) is 12.0. The number of benzene rings is 2. The molecule has 0 radical (unpaired) electrons. The van der Waals surface area contributed by atoms with Crippen LogP contribution in [0.5, 0.6) is 11.5 Å². The van der Waals surface area contributed by atoms with E-state index in [2.05, 4.69) is 15.4 Å². The van der Waals surface area contributed by atoms with E-state index in [0.29, 0.717) is 23.6 Å². The summed E-state index contributed by atoms with van der Waals surface area (Å²) in [7, 11) is 3.09. The van der Waals surface area contributed by atoms with Crippen molar-refractivity contribution >= 4 is 17.4 Å². The molecule has 1 saturated heterocycles. The minimum Gasteiger partial charge on any atom is -0.469 e. The third-order valence-electron chi connectivity index (χ3n) is 6.91. The average molecular weight is 493 g/mol. The number of fused-ring (bicyclic) bond motifs is 1. The number of methoxy groups -OCH3 is 2. The summed E-state index contributed by atoms with van der Waals surface area (Å²) in [5.74, 6) is -0.147. The Bertz CT molecular complexity index is 1290. The maximum Gasteiger partial charge on any atom is 0.314 e. The van der Waals surface area contributed by atoms with Crippen LogP contribution in [0, 0.1) is 11.7 Å². The van der Waals surface area contributed by atoms with Gasteiger partial charge in [0.1, 0.15) is 17.3 Å². The zero-order valence-corrected chi connectivity index (χ0v) is 20.5. The van der Waals surface area contributed by atoms with Crippen molar-refractivity contribution in [2.45, 2.75) is 31.9 Å². The van der Waals surface area contributed by atoms with Gasteiger partial charge in [-0.2, -0.15) is 5.10 Å². The van der Waals surface area contributed by atoms with Crippen molar-refractivity contribution in [3.05, 3.63) is 60.2 Å². The van der Waals surface area contributed by atoms with Crippen LogP contribution in [0.3, 0.4) is 0 Å². The second-order valence-electron chi connectivity index (χ2n) is 9.07. The van der Waals surface area contributed by atoms with Crippen molar-refractivity contribution in [3.8, 4) is 22.6 Å². The lowest BCUT2D eigenvalue weighted by molar-refractivity contribution is -0.143. The molecule has 1 fully saturated rings. The number of halogens is 1. The molecule has 2 aliphatic heterocycles. The van der Waals surface area contributed by atoms with Crippen molar-refractivity contribution in [3.63, 3.8) is 0 Å². The third-order valence-corrected chi connectivity index (χ3v) is 6.91. The number of hydrogen-bond donors (Lipinski definition) is 1. The summed E-state index contributed by atoms with van der Waals surface area (Å²) >= 11 is 0. The normalized spacial score (nSPS) is 21.4. The van der Waals surface area contributed by atoms with E-state index in [9.17, 15) is 9.18 Å². The first-order valence-electron chi connectivity index (χ1n) is 12.0. The molecule has 0 bridgehead atoms. The molecule has 188 valence electrons. The van der Waals surface area contributed by atoms with Gasteiger partial charge in [0, 0.05) is 42.3 Å². The van der Waals surface area contributed by atoms with E-state index >= 15 is 0 Å². The molecule has 36 heavy (non-hydrogen) atoms. The molecule has 3 atom stereocenters. The fraction of sp³-hybridized carbons (Fsp3) is 0.370. The van der Waals surface area contributed by atoms with Crippen LogP contribution in [-0.4, -0.2) is 54.9 Å². The number of nitrogens with one attached hydrogen (secondary N) is 1. The highest BCUT2D eigenvalue weighted by molar-refractivity contribution is 6.04. The Hall–Kier alpha value is -3.56. The van der Waals surface area contributed by atoms with Crippen molar-refractivity contribution in [1.29, 1.82) is 0 Å². The fourth-order valence-corrected chi connectivity index (χ4v) is 4.92. The Balaban J connectivity index is 1.58. The SMILES string of the molecule is COC(=O)C1Cc2c(ccc(-c3cnn(C4CCNCC4OC)c3)c2Oc2ccc(F)cc2)N=C1C. The van der Waals surface area contributed by atoms with E-state index in [-0.39, 0.29) is 23.9 Å². The molecular weight excluding hydrogens is 463 g/mol. The molecule has 3 aromatic rings. The molecule has 0 amide bonds. The van der Waals surface area contributed by atoms with E-state index in [0.717, 1.165) is 41.9 Å². The Morgan fingerprint density at radius 1 is 1.17 bits per heavy atom. The van der Waals surface area contributed by atoms with Crippen LogP contribution in [0.25, 0.3) is 11.1 Å². The van der Waals surface area contributed by atoms with Crippen molar-refractivity contribution in [2.24, 2.45) is 10.9 Å².